The molecule has 0 radical (unpaired) electrons. The molecule has 0 aliphatic rings. The summed E-state index contributed by atoms with van der Waals surface area (Å²) in [6, 6.07) is 0. The minimum atomic E-state index is -0.844. The molecule has 0 spiro atoms. The molecule has 52 heavy (non-hydrogen) atoms. The van der Waals surface area contributed by atoms with Gasteiger partial charge in [-0.05, 0) is 70.6 Å². The molecular formula is C46H70O6. The van der Waals surface area contributed by atoms with Gasteiger partial charge in [-0.3, -0.25) is 14.4 Å². The van der Waals surface area contributed by atoms with Gasteiger partial charge >= 0.3 is 17.9 Å². The van der Waals surface area contributed by atoms with Crippen LogP contribution in [0, 0.1) is 0 Å². The van der Waals surface area contributed by atoms with Gasteiger partial charge in [0.25, 0.3) is 0 Å². The SMILES string of the molecule is CC\C=C/C=C\C=C/C=C\C=C/CCCC(=O)OCC(COC(=O)C/C=C\C/C=C\C/C=C\CC)OC(=O)CCCCCCC/C=C\CCCCC. The van der Waals surface area contributed by atoms with Crippen LogP contribution in [0.3, 0.4) is 0 Å². The molecule has 0 aliphatic carbocycles. The minimum absolute atomic E-state index is 0.116. The highest BCUT2D eigenvalue weighted by molar-refractivity contribution is 5.72. The van der Waals surface area contributed by atoms with Crippen LogP contribution < -0.4 is 0 Å². The Hall–Kier alpha value is -3.93. The molecule has 1 unspecified atom stereocenters. The molecule has 0 aromatic rings. The van der Waals surface area contributed by atoms with Crippen molar-refractivity contribution < 1.29 is 28.6 Å². The Labute approximate surface area is 317 Å². The maximum absolute atomic E-state index is 12.6. The topological polar surface area (TPSA) is 78.9 Å². The van der Waals surface area contributed by atoms with E-state index in [0.717, 1.165) is 70.6 Å². The zero-order valence-electron chi connectivity index (χ0n) is 32.8. The molecule has 6 heteroatoms. The van der Waals surface area contributed by atoms with Crippen LogP contribution in [0.5, 0.6) is 0 Å². The number of allylic oxidation sites excluding steroid dienone is 17. The highest BCUT2D eigenvalue weighted by Crippen LogP contribution is 2.11. The van der Waals surface area contributed by atoms with Gasteiger partial charge in [-0.1, -0.05) is 162 Å². The number of hydrogen-bond donors (Lipinski definition) is 0. The number of unbranched alkanes of at least 4 members (excludes halogenated alkanes) is 9. The minimum Gasteiger partial charge on any atom is -0.462 e. The molecule has 0 N–H and O–H groups in total. The first-order valence-electron chi connectivity index (χ1n) is 20.0. The van der Waals surface area contributed by atoms with E-state index < -0.39 is 12.1 Å². The fourth-order valence-electron chi connectivity index (χ4n) is 4.70. The Kier molecular flexibility index (Phi) is 36.8. The largest absolute Gasteiger partial charge is 0.462 e. The summed E-state index contributed by atoms with van der Waals surface area (Å²) in [5.41, 5.74) is 0. The Morgan fingerprint density at radius 1 is 0.442 bits per heavy atom. The average Bonchev–Trinajstić information content (AvgIpc) is 3.14. The van der Waals surface area contributed by atoms with Crippen LogP contribution in [0.25, 0.3) is 0 Å². The normalized spacial score (nSPS) is 13.2. The molecule has 0 bridgehead atoms. The van der Waals surface area contributed by atoms with Gasteiger partial charge in [0.1, 0.15) is 13.2 Å². The monoisotopic (exact) mass is 719 g/mol. The molecule has 0 saturated carbocycles. The number of ether oxygens (including phenoxy) is 3. The second kappa shape index (κ2) is 39.8. The maximum atomic E-state index is 12.6. The number of carbonyl (C=O) groups is 3. The fourth-order valence-corrected chi connectivity index (χ4v) is 4.70. The lowest BCUT2D eigenvalue weighted by Gasteiger charge is -2.18. The van der Waals surface area contributed by atoms with Crippen molar-refractivity contribution in [2.24, 2.45) is 0 Å². The van der Waals surface area contributed by atoms with Gasteiger partial charge in [-0.15, -0.1) is 0 Å². The Morgan fingerprint density at radius 3 is 1.60 bits per heavy atom. The second-order valence-electron chi connectivity index (χ2n) is 12.6. The Bertz CT molecular complexity index is 1150. The highest BCUT2D eigenvalue weighted by Gasteiger charge is 2.19. The number of rotatable bonds is 33. The van der Waals surface area contributed by atoms with Gasteiger partial charge in [0.2, 0.25) is 0 Å². The summed E-state index contributed by atoms with van der Waals surface area (Å²) >= 11 is 0. The molecule has 0 fully saturated rings. The number of hydrogen-bond acceptors (Lipinski definition) is 6. The first-order valence-corrected chi connectivity index (χ1v) is 20.0. The van der Waals surface area contributed by atoms with Crippen molar-refractivity contribution in [1.82, 2.24) is 0 Å². The third kappa shape index (κ3) is 37.3. The lowest BCUT2D eigenvalue weighted by Crippen LogP contribution is -2.30. The predicted molar refractivity (Wildman–Crippen MR) is 219 cm³/mol. The third-order valence-electron chi connectivity index (χ3n) is 7.65. The van der Waals surface area contributed by atoms with Gasteiger partial charge in [0.15, 0.2) is 6.10 Å². The molecular weight excluding hydrogens is 648 g/mol. The van der Waals surface area contributed by atoms with Crippen LogP contribution in [-0.2, 0) is 28.6 Å². The van der Waals surface area contributed by atoms with Crippen molar-refractivity contribution in [2.45, 2.75) is 149 Å². The number of esters is 3. The summed E-state index contributed by atoms with van der Waals surface area (Å²) in [6.45, 7) is 6.12. The molecule has 0 aromatic heterocycles. The fraction of sp³-hybridized carbons (Fsp3) is 0.543. The Morgan fingerprint density at radius 2 is 0.942 bits per heavy atom. The molecule has 0 heterocycles. The molecule has 0 aromatic carbocycles. The van der Waals surface area contributed by atoms with Crippen LogP contribution in [0.1, 0.15) is 143 Å². The van der Waals surface area contributed by atoms with E-state index in [0.29, 0.717) is 6.42 Å². The van der Waals surface area contributed by atoms with Crippen LogP contribution in [0.4, 0.5) is 0 Å². The molecule has 290 valence electrons. The zero-order chi connectivity index (χ0) is 38.0. The van der Waals surface area contributed by atoms with Crippen molar-refractivity contribution in [3.8, 4) is 0 Å². The molecule has 0 rings (SSSR count). The van der Waals surface area contributed by atoms with Gasteiger partial charge in [0.05, 0.1) is 6.42 Å². The van der Waals surface area contributed by atoms with Crippen molar-refractivity contribution in [1.29, 1.82) is 0 Å². The summed E-state index contributed by atoms with van der Waals surface area (Å²) < 4.78 is 16.4. The zero-order valence-corrected chi connectivity index (χ0v) is 32.8. The van der Waals surface area contributed by atoms with Gasteiger partial charge < -0.3 is 14.2 Å². The van der Waals surface area contributed by atoms with E-state index in [1.807, 2.05) is 60.8 Å². The van der Waals surface area contributed by atoms with Crippen LogP contribution in [-0.4, -0.2) is 37.2 Å². The number of carbonyl (C=O) groups excluding carboxylic acids is 3. The van der Waals surface area contributed by atoms with Gasteiger partial charge in [-0.2, -0.15) is 0 Å². The van der Waals surface area contributed by atoms with Crippen molar-refractivity contribution in [3.63, 3.8) is 0 Å². The smallest absolute Gasteiger partial charge is 0.309 e. The summed E-state index contributed by atoms with van der Waals surface area (Å²) in [5.74, 6) is -1.17. The lowest BCUT2D eigenvalue weighted by atomic mass is 10.1. The summed E-state index contributed by atoms with van der Waals surface area (Å²) in [6.07, 6.45) is 52.6. The van der Waals surface area contributed by atoms with E-state index in [-0.39, 0.29) is 44.4 Å². The summed E-state index contributed by atoms with van der Waals surface area (Å²) in [7, 11) is 0. The van der Waals surface area contributed by atoms with Gasteiger partial charge in [0, 0.05) is 12.8 Å². The molecule has 1 atom stereocenters. The highest BCUT2D eigenvalue weighted by atomic mass is 16.6. The quantitative estimate of drug-likeness (QED) is 0.0221. The molecule has 0 saturated heterocycles. The van der Waals surface area contributed by atoms with E-state index in [2.05, 4.69) is 63.3 Å². The van der Waals surface area contributed by atoms with Crippen LogP contribution in [0.2, 0.25) is 0 Å². The van der Waals surface area contributed by atoms with E-state index in [1.54, 1.807) is 6.08 Å². The molecule has 0 aliphatic heterocycles. The molecule has 0 amide bonds. The average molecular weight is 719 g/mol. The summed E-state index contributed by atoms with van der Waals surface area (Å²) in [4.78, 5) is 37.4. The third-order valence-corrected chi connectivity index (χ3v) is 7.65. The van der Waals surface area contributed by atoms with E-state index in [9.17, 15) is 14.4 Å². The van der Waals surface area contributed by atoms with E-state index >= 15 is 0 Å². The first-order chi connectivity index (χ1) is 25.5. The standard InChI is InChI=1S/C46H70O6/c1-4-7-10-13-16-19-21-23-25-27-30-33-36-39-45(48)51-42-43(41-50-44(47)38-35-32-29-26-18-15-12-9-6-3)52-46(49)40-37-34-31-28-24-22-20-17-14-11-8-5-2/h7,9-10,12-13,16-21,23,25-27,30,32,35,43H,4-6,8,11,14-15,22,24,28-29,31,33-34,36-42H2,1-3H3/b10-7-,12-9-,16-13-,20-17-,21-19-,25-23-,26-18-,30-27-,35-32-. The Balaban J connectivity index is 4.63. The van der Waals surface area contributed by atoms with Crippen LogP contribution >= 0.6 is 0 Å². The van der Waals surface area contributed by atoms with Crippen molar-refractivity contribution in [2.75, 3.05) is 13.2 Å². The van der Waals surface area contributed by atoms with E-state index in [1.165, 1.54) is 25.7 Å². The van der Waals surface area contributed by atoms with E-state index in [4.69, 9.17) is 14.2 Å². The van der Waals surface area contributed by atoms with Crippen molar-refractivity contribution in [3.05, 3.63) is 109 Å². The maximum Gasteiger partial charge on any atom is 0.309 e. The van der Waals surface area contributed by atoms with Crippen LogP contribution in [0.15, 0.2) is 109 Å². The lowest BCUT2D eigenvalue weighted by molar-refractivity contribution is -0.166. The summed E-state index contributed by atoms with van der Waals surface area (Å²) in [5, 5.41) is 0. The second-order valence-corrected chi connectivity index (χ2v) is 12.6. The van der Waals surface area contributed by atoms with Crippen molar-refractivity contribution >= 4 is 17.9 Å². The predicted octanol–water partition coefficient (Wildman–Crippen LogP) is 12.5. The van der Waals surface area contributed by atoms with Gasteiger partial charge in [-0.25, -0.2) is 0 Å². The first kappa shape index (κ1) is 48.1. The molecule has 6 nitrogen and oxygen atoms in total.